The molecule has 0 aromatic heterocycles. The summed E-state index contributed by atoms with van der Waals surface area (Å²) in [4.78, 5) is 0. The van der Waals surface area contributed by atoms with Crippen molar-refractivity contribution in [2.24, 2.45) is 5.41 Å². The van der Waals surface area contributed by atoms with Gasteiger partial charge in [-0.3, -0.25) is 0 Å². The number of anilines is 1. The third kappa shape index (κ3) is 4.57. The van der Waals surface area contributed by atoms with Gasteiger partial charge in [0.15, 0.2) is 17.3 Å². The summed E-state index contributed by atoms with van der Waals surface area (Å²) in [6.45, 7) is 10.9. The number of hydrogen-bond donors (Lipinski definition) is 2. The summed E-state index contributed by atoms with van der Waals surface area (Å²) in [7, 11) is 1.56. The molecular formula is C19H31NO5. The lowest BCUT2D eigenvalue weighted by molar-refractivity contribution is -0.293. The summed E-state index contributed by atoms with van der Waals surface area (Å²) < 4.78 is 22.8. The molecule has 1 aromatic rings. The largest absolute Gasteiger partial charge is 0.491 e. The van der Waals surface area contributed by atoms with Crippen molar-refractivity contribution in [1.29, 1.82) is 0 Å². The smallest absolute Gasteiger partial charge is 0.183 e. The van der Waals surface area contributed by atoms with E-state index in [2.05, 4.69) is 20.8 Å². The van der Waals surface area contributed by atoms with Crippen molar-refractivity contribution in [3.8, 4) is 11.5 Å². The van der Waals surface area contributed by atoms with Gasteiger partial charge < -0.3 is 29.8 Å². The van der Waals surface area contributed by atoms with Crippen molar-refractivity contribution in [2.45, 2.75) is 45.8 Å². The van der Waals surface area contributed by atoms with E-state index in [1.807, 2.05) is 26.0 Å². The topological polar surface area (TPSA) is 83.2 Å². The Morgan fingerprint density at radius 1 is 1.20 bits per heavy atom. The van der Waals surface area contributed by atoms with Crippen LogP contribution in [0.2, 0.25) is 0 Å². The zero-order valence-electron chi connectivity index (χ0n) is 16.1. The highest BCUT2D eigenvalue weighted by Gasteiger charge is 2.41. The maximum absolute atomic E-state index is 9.86. The summed E-state index contributed by atoms with van der Waals surface area (Å²) in [6.07, 6.45) is 0. The molecule has 0 radical (unpaired) electrons. The van der Waals surface area contributed by atoms with Gasteiger partial charge in [-0.25, -0.2) is 0 Å². The van der Waals surface area contributed by atoms with Crippen molar-refractivity contribution >= 4 is 5.69 Å². The number of rotatable bonds is 5. The number of hydrogen-bond acceptors (Lipinski definition) is 6. The van der Waals surface area contributed by atoms with Gasteiger partial charge in [0.2, 0.25) is 0 Å². The third-order valence-electron chi connectivity index (χ3n) is 4.47. The highest BCUT2D eigenvalue weighted by molar-refractivity contribution is 5.63. The molecule has 0 aliphatic carbocycles. The van der Waals surface area contributed by atoms with E-state index in [0.29, 0.717) is 30.4 Å². The van der Waals surface area contributed by atoms with Crippen LogP contribution in [0.1, 0.15) is 40.2 Å². The maximum Gasteiger partial charge on any atom is 0.183 e. The molecule has 1 aliphatic rings. The van der Waals surface area contributed by atoms with Crippen molar-refractivity contribution in [3.63, 3.8) is 0 Å². The molecule has 1 fully saturated rings. The molecule has 0 spiro atoms. The molecule has 142 valence electrons. The van der Waals surface area contributed by atoms with Gasteiger partial charge in [0.1, 0.15) is 6.61 Å². The van der Waals surface area contributed by atoms with E-state index in [4.69, 9.17) is 24.7 Å². The minimum atomic E-state index is -0.646. The summed E-state index contributed by atoms with van der Waals surface area (Å²) in [5.74, 6) is 0.414. The van der Waals surface area contributed by atoms with Crippen molar-refractivity contribution in [3.05, 3.63) is 17.7 Å². The molecule has 6 nitrogen and oxygen atoms in total. The molecule has 0 unspecified atom stereocenters. The van der Waals surface area contributed by atoms with Gasteiger partial charge in [0.05, 0.1) is 38.0 Å². The van der Waals surface area contributed by atoms with Crippen LogP contribution in [0.3, 0.4) is 0 Å². The van der Waals surface area contributed by atoms with Crippen LogP contribution in [0.4, 0.5) is 5.69 Å². The Bertz CT molecular complexity index is 597. The van der Waals surface area contributed by atoms with Crippen LogP contribution in [0.25, 0.3) is 0 Å². The zero-order chi connectivity index (χ0) is 18.9. The van der Waals surface area contributed by atoms with E-state index in [1.165, 1.54) is 0 Å². The second-order valence-electron chi connectivity index (χ2n) is 8.27. The minimum absolute atomic E-state index is 0.0751. The Labute approximate surface area is 150 Å². The Balaban J connectivity index is 2.23. The first kappa shape index (κ1) is 19.8. The molecule has 25 heavy (non-hydrogen) atoms. The average molecular weight is 353 g/mol. The monoisotopic (exact) mass is 353 g/mol. The Hall–Kier alpha value is -1.50. The fourth-order valence-corrected chi connectivity index (χ4v) is 2.57. The van der Waals surface area contributed by atoms with Gasteiger partial charge >= 0.3 is 0 Å². The van der Waals surface area contributed by atoms with Crippen molar-refractivity contribution in [1.82, 2.24) is 0 Å². The van der Waals surface area contributed by atoms with Crippen molar-refractivity contribution < 1.29 is 24.1 Å². The van der Waals surface area contributed by atoms with E-state index in [-0.39, 0.29) is 18.6 Å². The standard InChI is InChI=1S/C19H31NO5/c1-17(2,3)13-7-14(20)16(22-6)15(8-13)23-10-19(9-21)11-24-18(4,5)25-12-19/h7-8,21H,9-12,20H2,1-6H3. The molecule has 1 aromatic carbocycles. The highest BCUT2D eigenvalue weighted by atomic mass is 16.7. The fourth-order valence-electron chi connectivity index (χ4n) is 2.57. The normalized spacial score (nSPS) is 19.5. The Morgan fingerprint density at radius 3 is 2.28 bits per heavy atom. The number of methoxy groups -OCH3 is 1. The molecule has 2 rings (SSSR count). The van der Waals surface area contributed by atoms with Gasteiger partial charge in [0, 0.05) is 0 Å². The summed E-state index contributed by atoms with van der Waals surface area (Å²) in [5.41, 5.74) is 7.02. The van der Waals surface area contributed by atoms with Crippen molar-refractivity contribution in [2.75, 3.05) is 39.3 Å². The number of nitrogens with two attached hydrogens (primary N) is 1. The first-order valence-electron chi connectivity index (χ1n) is 8.51. The predicted octanol–water partition coefficient (Wildman–Crippen LogP) is 2.72. The predicted molar refractivity (Wildman–Crippen MR) is 97.1 cm³/mol. The minimum Gasteiger partial charge on any atom is -0.491 e. The number of benzene rings is 1. The van der Waals surface area contributed by atoms with Crippen LogP contribution in [-0.2, 0) is 14.9 Å². The Kier molecular flexibility index (Phi) is 5.56. The van der Waals surface area contributed by atoms with E-state index in [1.54, 1.807) is 7.11 Å². The van der Waals surface area contributed by atoms with Crippen LogP contribution >= 0.6 is 0 Å². The van der Waals surface area contributed by atoms with Gasteiger partial charge in [-0.2, -0.15) is 0 Å². The Morgan fingerprint density at radius 2 is 1.80 bits per heavy atom. The van der Waals surface area contributed by atoms with Crippen LogP contribution in [0.5, 0.6) is 11.5 Å². The maximum atomic E-state index is 9.86. The molecule has 1 aliphatic heterocycles. The summed E-state index contributed by atoms with van der Waals surface area (Å²) in [5, 5.41) is 9.86. The van der Waals surface area contributed by atoms with Gasteiger partial charge in [-0.05, 0) is 37.0 Å². The molecule has 0 saturated carbocycles. The number of nitrogen functional groups attached to an aromatic ring is 1. The lowest BCUT2D eigenvalue weighted by atomic mass is 9.86. The quantitative estimate of drug-likeness (QED) is 0.792. The molecule has 1 heterocycles. The van der Waals surface area contributed by atoms with Gasteiger partial charge in [-0.1, -0.05) is 20.8 Å². The average Bonchev–Trinajstić information content (AvgIpc) is 2.53. The molecule has 1 saturated heterocycles. The molecule has 6 heteroatoms. The molecular weight excluding hydrogens is 322 g/mol. The lowest BCUT2D eigenvalue weighted by Crippen LogP contribution is -2.51. The van der Waals surface area contributed by atoms with Gasteiger partial charge in [0.25, 0.3) is 0 Å². The fraction of sp³-hybridized carbons (Fsp3) is 0.684. The van der Waals surface area contributed by atoms with E-state index in [9.17, 15) is 5.11 Å². The highest BCUT2D eigenvalue weighted by Crippen LogP contribution is 2.39. The van der Waals surface area contributed by atoms with Crippen LogP contribution in [-0.4, -0.2) is 44.4 Å². The number of aliphatic hydroxyl groups is 1. The van der Waals surface area contributed by atoms with Crippen LogP contribution in [0.15, 0.2) is 12.1 Å². The molecule has 0 bridgehead atoms. The second-order valence-corrected chi connectivity index (χ2v) is 8.27. The second kappa shape index (κ2) is 7.02. The van der Waals surface area contributed by atoms with Crippen LogP contribution < -0.4 is 15.2 Å². The number of ether oxygens (including phenoxy) is 4. The molecule has 0 amide bonds. The zero-order valence-corrected chi connectivity index (χ0v) is 16.1. The summed E-state index contributed by atoms with van der Waals surface area (Å²) in [6, 6.07) is 3.84. The molecule has 0 atom stereocenters. The third-order valence-corrected chi connectivity index (χ3v) is 4.47. The van der Waals surface area contributed by atoms with Crippen LogP contribution in [0, 0.1) is 5.41 Å². The summed E-state index contributed by atoms with van der Waals surface area (Å²) >= 11 is 0. The van der Waals surface area contributed by atoms with E-state index in [0.717, 1.165) is 5.56 Å². The first-order valence-corrected chi connectivity index (χ1v) is 8.51. The number of aliphatic hydroxyl groups excluding tert-OH is 1. The van der Waals surface area contributed by atoms with E-state index >= 15 is 0 Å². The molecule has 3 N–H and O–H groups in total. The lowest BCUT2D eigenvalue weighted by Gasteiger charge is -2.42. The SMILES string of the molecule is COc1c(N)cc(C(C)(C)C)cc1OCC1(CO)COC(C)(C)OC1. The van der Waals surface area contributed by atoms with Gasteiger partial charge in [-0.15, -0.1) is 0 Å². The van der Waals surface area contributed by atoms with E-state index < -0.39 is 11.2 Å². The first-order chi connectivity index (χ1) is 11.5.